The van der Waals surface area contributed by atoms with Gasteiger partial charge in [0.2, 0.25) is 0 Å². The van der Waals surface area contributed by atoms with Crippen LogP contribution in [0.1, 0.15) is 81.8 Å². The lowest BCUT2D eigenvalue weighted by Crippen LogP contribution is -2.36. The van der Waals surface area contributed by atoms with Crippen molar-refractivity contribution in [3.63, 3.8) is 0 Å². The van der Waals surface area contributed by atoms with Crippen molar-refractivity contribution >= 4 is 11.6 Å². The zero-order valence-corrected chi connectivity index (χ0v) is 16.4. The van der Waals surface area contributed by atoms with E-state index in [4.69, 9.17) is 11.6 Å². The zero-order chi connectivity index (χ0) is 17.5. The van der Waals surface area contributed by atoms with E-state index in [9.17, 15) is 0 Å². The molecule has 0 saturated heterocycles. The molecule has 2 aliphatic rings. The maximum Gasteiger partial charge on any atom is 0.0607 e. The van der Waals surface area contributed by atoms with Gasteiger partial charge < -0.3 is 0 Å². The molecule has 0 amide bonds. The molecule has 0 aromatic heterocycles. The highest BCUT2D eigenvalue weighted by Crippen LogP contribution is 2.35. The maximum absolute atomic E-state index is 6.34. The van der Waals surface area contributed by atoms with Gasteiger partial charge in [-0.15, -0.1) is 11.6 Å². The van der Waals surface area contributed by atoms with Gasteiger partial charge in [-0.3, -0.25) is 4.90 Å². The first kappa shape index (κ1) is 18.8. The van der Waals surface area contributed by atoms with Gasteiger partial charge in [-0.1, -0.05) is 56.6 Å². The van der Waals surface area contributed by atoms with Crippen LogP contribution in [0.3, 0.4) is 0 Å². The van der Waals surface area contributed by atoms with Crippen LogP contribution in [-0.4, -0.2) is 29.4 Å². The highest BCUT2D eigenvalue weighted by atomic mass is 35.5. The second-order valence-corrected chi connectivity index (χ2v) is 8.36. The maximum atomic E-state index is 6.34. The monoisotopic (exact) mass is 357 g/mol. The average Bonchev–Trinajstić information content (AvgIpc) is 2.66. The molecule has 136 valence electrons. The SMILES string of the molecule is CCN(CC#Cc1ccc(C2CCCC(Cl)C2)cc1)C1CCCCC1. The summed E-state index contributed by atoms with van der Waals surface area (Å²) in [6.07, 6.45) is 11.7. The molecule has 2 heteroatoms. The quantitative estimate of drug-likeness (QED) is 0.474. The molecule has 0 aliphatic heterocycles. The topological polar surface area (TPSA) is 3.24 Å². The summed E-state index contributed by atoms with van der Waals surface area (Å²) in [4.78, 5) is 2.56. The summed E-state index contributed by atoms with van der Waals surface area (Å²) in [6.45, 7) is 4.28. The van der Waals surface area contributed by atoms with E-state index in [-0.39, 0.29) is 0 Å². The van der Waals surface area contributed by atoms with Gasteiger partial charge in [-0.2, -0.15) is 0 Å². The van der Waals surface area contributed by atoms with Crippen molar-refractivity contribution in [2.45, 2.75) is 82.0 Å². The fraction of sp³-hybridized carbons (Fsp3) is 0.652. The standard InChI is InChI=1S/C23H32ClN/c1-2-25(23-11-4-3-5-12-23)17-7-8-19-13-15-20(16-14-19)21-9-6-10-22(24)18-21/h13-16,21-23H,2-6,9-12,17-18H2,1H3. The Morgan fingerprint density at radius 1 is 1.00 bits per heavy atom. The third-order valence-electron chi connectivity index (χ3n) is 6.00. The molecule has 0 spiro atoms. The number of nitrogens with zero attached hydrogens (tertiary/aromatic N) is 1. The smallest absolute Gasteiger partial charge is 0.0607 e. The third-order valence-corrected chi connectivity index (χ3v) is 6.40. The number of hydrogen-bond donors (Lipinski definition) is 0. The third kappa shape index (κ3) is 5.50. The van der Waals surface area contributed by atoms with E-state index >= 15 is 0 Å². The molecule has 0 bridgehead atoms. The highest BCUT2D eigenvalue weighted by molar-refractivity contribution is 6.20. The lowest BCUT2D eigenvalue weighted by molar-refractivity contribution is 0.183. The Balaban J connectivity index is 1.55. The van der Waals surface area contributed by atoms with Gasteiger partial charge in [0.25, 0.3) is 0 Å². The van der Waals surface area contributed by atoms with Crippen LogP contribution in [-0.2, 0) is 0 Å². The Hall–Kier alpha value is -0.970. The lowest BCUT2D eigenvalue weighted by Gasteiger charge is -2.32. The number of rotatable bonds is 4. The summed E-state index contributed by atoms with van der Waals surface area (Å²) in [6, 6.07) is 9.67. The van der Waals surface area contributed by atoms with Crippen LogP contribution in [0.15, 0.2) is 24.3 Å². The number of hydrogen-bond acceptors (Lipinski definition) is 1. The van der Waals surface area contributed by atoms with Crippen molar-refractivity contribution in [1.29, 1.82) is 0 Å². The van der Waals surface area contributed by atoms with E-state index in [0.717, 1.165) is 31.1 Å². The van der Waals surface area contributed by atoms with Gasteiger partial charge in [-0.25, -0.2) is 0 Å². The van der Waals surface area contributed by atoms with Crippen LogP contribution in [0.2, 0.25) is 0 Å². The molecule has 2 saturated carbocycles. The van der Waals surface area contributed by atoms with Crippen LogP contribution in [0.4, 0.5) is 0 Å². The first-order valence-corrected chi connectivity index (χ1v) is 10.7. The number of alkyl halides is 1. The molecule has 1 aromatic rings. The summed E-state index contributed by atoms with van der Waals surface area (Å²) in [5.41, 5.74) is 2.58. The fourth-order valence-electron chi connectivity index (χ4n) is 4.46. The second kappa shape index (κ2) is 9.65. The normalized spacial score (nSPS) is 24.8. The second-order valence-electron chi connectivity index (χ2n) is 7.74. The van der Waals surface area contributed by atoms with Gasteiger partial charge in [0.15, 0.2) is 0 Å². The van der Waals surface area contributed by atoms with Crippen molar-refractivity contribution in [3.8, 4) is 11.8 Å². The van der Waals surface area contributed by atoms with Gasteiger partial charge in [-0.05, 0) is 62.3 Å². The molecule has 2 atom stereocenters. The van der Waals surface area contributed by atoms with E-state index in [1.54, 1.807) is 0 Å². The summed E-state index contributed by atoms with van der Waals surface area (Å²) in [7, 11) is 0. The summed E-state index contributed by atoms with van der Waals surface area (Å²) in [5, 5.41) is 0.359. The largest absolute Gasteiger partial charge is 0.290 e. The van der Waals surface area contributed by atoms with Crippen molar-refractivity contribution in [1.82, 2.24) is 4.90 Å². The van der Waals surface area contributed by atoms with Crippen molar-refractivity contribution in [2.24, 2.45) is 0 Å². The minimum Gasteiger partial charge on any atom is -0.290 e. The molecule has 1 aromatic carbocycles. The molecule has 3 rings (SSSR count). The fourth-order valence-corrected chi connectivity index (χ4v) is 4.83. The molecule has 2 aliphatic carbocycles. The molecular weight excluding hydrogens is 326 g/mol. The Morgan fingerprint density at radius 2 is 1.76 bits per heavy atom. The van der Waals surface area contributed by atoms with E-state index in [0.29, 0.717) is 11.3 Å². The average molecular weight is 358 g/mol. The molecule has 0 N–H and O–H groups in total. The van der Waals surface area contributed by atoms with Crippen LogP contribution >= 0.6 is 11.6 Å². The van der Waals surface area contributed by atoms with E-state index in [1.807, 2.05) is 0 Å². The van der Waals surface area contributed by atoms with Gasteiger partial charge in [0.1, 0.15) is 0 Å². The Kier molecular flexibility index (Phi) is 7.26. The Bertz CT molecular complexity index is 576. The van der Waals surface area contributed by atoms with Gasteiger partial charge >= 0.3 is 0 Å². The molecule has 0 heterocycles. The summed E-state index contributed by atoms with van der Waals surface area (Å²) < 4.78 is 0. The summed E-state index contributed by atoms with van der Waals surface area (Å²) in [5.74, 6) is 7.42. The number of halogens is 1. The minimum absolute atomic E-state index is 0.359. The van der Waals surface area contributed by atoms with Crippen molar-refractivity contribution < 1.29 is 0 Å². The molecule has 2 fully saturated rings. The van der Waals surface area contributed by atoms with E-state index in [1.165, 1.54) is 56.9 Å². The lowest BCUT2D eigenvalue weighted by atomic mass is 9.83. The Morgan fingerprint density at radius 3 is 2.44 bits per heavy atom. The molecule has 25 heavy (non-hydrogen) atoms. The molecular formula is C23H32ClN. The zero-order valence-electron chi connectivity index (χ0n) is 15.6. The van der Waals surface area contributed by atoms with E-state index < -0.39 is 0 Å². The van der Waals surface area contributed by atoms with Crippen LogP contribution < -0.4 is 0 Å². The van der Waals surface area contributed by atoms with Crippen LogP contribution in [0.25, 0.3) is 0 Å². The Labute approximate surface area is 159 Å². The first-order valence-electron chi connectivity index (χ1n) is 10.2. The predicted molar refractivity (Wildman–Crippen MR) is 108 cm³/mol. The summed E-state index contributed by atoms with van der Waals surface area (Å²) >= 11 is 6.34. The first-order chi connectivity index (χ1) is 12.3. The molecule has 1 nitrogen and oxygen atoms in total. The van der Waals surface area contributed by atoms with Crippen LogP contribution in [0.5, 0.6) is 0 Å². The molecule has 0 radical (unpaired) electrons. The molecule has 2 unspecified atom stereocenters. The van der Waals surface area contributed by atoms with Gasteiger partial charge in [0.05, 0.1) is 6.54 Å². The minimum atomic E-state index is 0.359. The predicted octanol–water partition coefficient (Wildman–Crippen LogP) is 5.96. The van der Waals surface area contributed by atoms with E-state index in [2.05, 4.69) is 47.9 Å². The van der Waals surface area contributed by atoms with Gasteiger partial charge in [0, 0.05) is 17.0 Å². The number of benzene rings is 1. The van der Waals surface area contributed by atoms with Crippen molar-refractivity contribution in [2.75, 3.05) is 13.1 Å². The highest BCUT2D eigenvalue weighted by Gasteiger charge is 2.21. The van der Waals surface area contributed by atoms with Crippen LogP contribution in [0, 0.1) is 11.8 Å². The van der Waals surface area contributed by atoms with Crippen molar-refractivity contribution in [3.05, 3.63) is 35.4 Å².